The van der Waals surface area contributed by atoms with Crippen molar-refractivity contribution in [2.45, 2.75) is 76.3 Å². The number of aliphatic carboxylic acids is 1. The Bertz CT molecular complexity index is 2260. The molecule has 0 radical (unpaired) electrons. The molecule has 0 saturated carbocycles. The van der Waals surface area contributed by atoms with Gasteiger partial charge in [-0.25, -0.2) is 0 Å². The molecule has 3 heterocycles. The van der Waals surface area contributed by atoms with Gasteiger partial charge in [0.1, 0.15) is 12.1 Å². The van der Waals surface area contributed by atoms with Gasteiger partial charge in [0.25, 0.3) is 11.8 Å². The number of halogens is 2. The number of carboxylic acid groups (broad SMARTS) is 1. The minimum Gasteiger partial charge on any atom is -0.481 e. The van der Waals surface area contributed by atoms with Gasteiger partial charge in [-0.3, -0.25) is 38.4 Å². The lowest BCUT2D eigenvalue weighted by atomic mass is 9.90. The SMILES string of the molecule is CC(=O)O[C@H]1C(=O)Nc2ccc(cc2)C[C@H](C(=O)O)CC(=O)[C@@H](Cc2ccccc2)NC(=O)[C@H](Cc2ccc(Cl)cc2Cl)NC(=O)[C@@H](Cc2cccs2)NC(=O)[C@@H]1OC(C)=O. The number of esters is 2. The third-order valence-electron chi connectivity index (χ3n) is 9.56. The molecule has 5 N–H and O–H groups in total. The van der Waals surface area contributed by atoms with E-state index in [1.165, 1.54) is 47.7 Å². The van der Waals surface area contributed by atoms with Crippen LogP contribution in [0.15, 0.2) is 90.3 Å². The number of amides is 4. The summed E-state index contributed by atoms with van der Waals surface area (Å²) < 4.78 is 10.5. The van der Waals surface area contributed by atoms with Crippen LogP contribution >= 0.6 is 34.5 Å². The van der Waals surface area contributed by atoms with Crippen molar-refractivity contribution < 1.29 is 52.9 Å². The summed E-state index contributed by atoms with van der Waals surface area (Å²) in [6.07, 6.45) is -5.19. The van der Waals surface area contributed by atoms with Crippen molar-refractivity contribution in [3.63, 3.8) is 0 Å². The van der Waals surface area contributed by atoms with Gasteiger partial charge >= 0.3 is 17.9 Å². The summed E-state index contributed by atoms with van der Waals surface area (Å²) in [4.78, 5) is 109. The van der Waals surface area contributed by atoms with Gasteiger partial charge in [0.05, 0.1) is 12.0 Å². The van der Waals surface area contributed by atoms with Crippen molar-refractivity contribution in [1.82, 2.24) is 16.0 Å². The van der Waals surface area contributed by atoms with Crippen LogP contribution in [-0.4, -0.2) is 82.8 Å². The van der Waals surface area contributed by atoms with Crippen LogP contribution in [-0.2, 0) is 73.5 Å². The zero-order valence-corrected chi connectivity index (χ0v) is 35.2. The first kappa shape index (κ1) is 46.0. The number of fused-ring (bicyclic) bond motifs is 18. The fraction of sp³-hybridized carbons (Fsp3) is 0.302. The second-order valence-corrected chi connectivity index (χ2v) is 16.1. The topological polar surface area (TPSA) is 223 Å². The molecule has 18 heteroatoms. The molecule has 15 nitrogen and oxygen atoms in total. The van der Waals surface area contributed by atoms with E-state index in [0.29, 0.717) is 26.6 Å². The predicted octanol–water partition coefficient (Wildman–Crippen LogP) is 4.26. The van der Waals surface area contributed by atoms with Crippen molar-refractivity contribution in [1.29, 1.82) is 0 Å². The normalized spacial score (nSPS) is 21.8. The molecule has 2 aliphatic rings. The highest BCUT2D eigenvalue weighted by Crippen LogP contribution is 2.24. The molecule has 4 amide bonds. The van der Waals surface area contributed by atoms with Crippen LogP contribution in [0.5, 0.6) is 0 Å². The van der Waals surface area contributed by atoms with Gasteiger partial charge < -0.3 is 35.8 Å². The lowest BCUT2D eigenvalue weighted by Gasteiger charge is -2.28. The van der Waals surface area contributed by atoms with Gasteiger partial charge in [-0.2, -0.15) is 0 Å². The van der Waals surface area contributed by atoms with Crippen LogP contribution in [0.2, 0.25) is 10.0 Å². The average Bonchev–Trinajstić information content (AvgIpc) is 3.72. The molecule has 6 rings (SSSR count). The number of thiophene rings is 1. The molecular formula is C43H42Cl2N4O11S. The van der Waals surface area contributed by atoms with Crippen molar-refractivity contribution in [2.24, 2.45) is 5.92 Å². The van der Waals surface area contributed by atoms with E-state index in [2.05, 4.69) is 21.3 Å². The standard InChI is InChI=1S/C43H42Cl2N4O11S/c1-23(50)59-37-38(60-24(2)51)42(56)49-35(22-31-9-6-16-61-31)40(54)48-34(19-27-12-13-29(44)21-32(27)45)39(53)47-33(18-25-7-4-3-5-8-25)36(52)20-28(43(57)58)17-26-10-14-30(15-11-26)46-41(37)55/h3-16,21,28,33-35,37-38H,17-20,22H2,1-2H3,(H,46,55)(H,47,53)(H,48,54)(H,49,56)(H,57,58)/t28-,33+,34-,35+,37+,38+/m0/s1. The smallest absolute Gasteiger partial charge is 0.307 e. The third kappa shape index (κ3) is 13.4. The Labute approximate surface area is 364 Å². The maximum absolute atomic E-state index is 14.4. The van der Waals surface area contributed by atoms with Crippen LogP contribution < -0.4 is 21.3 Å². The third-order valence-corrected chi connectivity index (χ3v) is 11.0. The summed E-state index contributed by atoms with van der Waals surface area (Å²) in [5.74, 6) is -9.16. The molecule has 0 fully saturated rings. The lowest BCUT2D eigenvalue weighted by molar-refractivity contribution is -0.173. The van der Waals surface area contributed by atoms with Crippen LogP contribution in [0.4, 0.5) is 5.69 Å². The summed E-state index contributed by atoms with van der Waals surface area (Å²) >= 11 is 13.9. The Morgan fingerprint density at radius 3 is 1.89 bits per heavy atom. The quantitative estimate of drug-likeness (QED) is 0.118. The van der Waals surface area contributed by atoms with Crippen molar-refractivity contribution >= 4 is 87.5 Å². The first-order chi connectivity index (χ1) is 29.1. The fourth-order valence-corrected chi connectivity index (χ4v) is 7.80. The number of rotatable bonds is 9. The van der Waals surface area contributed by atoms with E-state index in [4.69, 9.17) is 32.7 Å². The Kier molecular flexibility index (Phi) is 16.1. The highest BCUT2D eigenvalue weighted by Gasteiger charge is 2.41. The van der Waals surface area contributed by atoms with Gasteiger partial charge in [-0.05, 0) is 65.2 Å². The summed E-state index contributed by atoms with van der Waals surface area (Å²) in [7, 11) is 0. The molecule has 1 aromatic heterocycles. The molecule has 0 unspecified atom stereocenters. The number of carbonyl (C=O) groups is 8. The van der Waals surface area contributed by atoms with Crippen molar-refractivity contribution in [3.05, 3.63) is 122 Å². The maximum Gasteiger partial charge on any atom is 0.307 e. The molecule has 2 aliphatic heterocycles. The van der Waals surface area contributed by atoms with E-state index >= 15 is 0 Å². The number of ether oxygens (including phenoxy) is 2. The van der Waals surface area contributed by atoms with Gasteiger partial charge in [0.15, 0.2) is 5.78 Å². The predicted molar refractivity (Wildman–Crippen MR) is 225 cm³/mol. The minimum atomic E-state index is -2.11. The summed E-state index contributed by atoms with van der Waals surface area (Å²) in [6.45, 7) is 1.94. The number of hydrogen-bond acceptors (Lipinski definition) is 11. The van der Waals surface area contributed by atoms with Crippen LogP contribution in [0.25, 0.3) is 0 Å². The van der Waals surface area contributed by atoms with Crippen LogP contribution in [0, 0.1) is 5.92 Å². The molecule has 320 valence electrons. The molecule has 0 saturated heterocycles. The Morgan fingerprint density at radius 2 is 1.30 bits per heavy atom. The molecular weight excluding hydrogens is 851 g/mol. The molecule has 0 spiro atoms. The highest BCUT2D eigenvalue weighted by atomic mass is 35.5. The number of carboxylic acids is 1. The average molecular weight is 894 g/mol. The van der Waals surface area contributed by atoms with E-state index in [1.54, 1.807) is 53.9 Å². The second-order valence-electron chi connectivity index (χ2n) is 14.3. The maximum atomic E-state index is 14.4. The van der Waals surface area contributed by atoms with Crippen LogP contribution in [0.1, 0.15) is 41.8 Å². The molecule has 3 aromatic carbocycles. The molecule has 4 aromatic rings. The Balaban J connectivity index is 1.62. The van der Waals surface area contributed by atoms with E-state index in [1.807, 2.05) is 0 Å². The number of hydrogen-bond donors (Lipinski definition) is 5. The summed E-state index contributed by atoms with van der Waals surface area (Å²) in [5, 5.41) is 22.9. The first-order valence-electron chi connectivity index (χ1n) is 19.0. The molecule has 2 bridgehead atoms. The highest BCUT2D eigenvalue weighted by molar-refractivity contribution is 7.09. The van der Waals surface area contributed by atoms with E-state index in [9.17, 15) is 43.5 Å². The van der Waals surface area contributed by atoms with Gasteiger partial charge in [-0.15, -0.1) is 11.3 Å². The molecule has 61 heavy (non-hydrogen) atoms. The number of carbonyl (C=O) groups excluding carboxylic acids is 7. The van der Waals surface area contributed by atoms with Crippen molar-refractivity contribution in [3.8, 4) is 0 Å². The second kappa shape index (κ2) is 21.4. The number of Topliss-reactive ketones (excluding diaryl/α,β-unsaturated/α-hetero) is 1. The van der Waals surface area contributed by atoms with Crippen molar-refractivity contribution in [2.75, 3.05) is 5.32 Å². The number of anilines is 1. The van der Waals surface area contributed by atoms with E-state index in [0.717, 1.165) is 13.8 Å². The summed E-state index contributed by atoms with van der Waals surface area (Å²) in [5.41, 5.74) is 1.64. The Hall–Kier alpha value is -6.10. The molecule has 0 aliphatic carbocycles. The van der Waals surface area contributed by atoms with Gasteiger partial charge in [-0.1, -0.05) is 77.8 Å². The largest absolute Gasteiger partial charge is 0.481 e. The van der Waals surface area contributed by atoms with E-state index in [-0.39, 0.29) is 36.4 Å². The van der Waals surface area contributed by atoms with Crippen LogP contribution in [0.3, 0.4) is 0 Å². The fourth-order valence-electron chi connectivity index (χ4n) is 6.57. The minimum absolute atomic E-state index is 0.0212. The number of nitrogens with one attached hydrogen (secondary N) is 4. The summed E-state index contributed by atoms with van der Waals surface area (Å²) in [6, 6.07) is 18.3. The Morgan fingerprint density at radius 1 is 0.689 bits per heavy atom. The van der Waals surface area contributed by atoms with Gasteiger partial charge in [0, 0.05) is 53.7 Å². The zero-order valence-electron chi connectivity index (χ0n) is 32.9. The van der Waals surface area contributed by atoms with E-state index < -0.39 is 90.0 Å². The zero-order chi connectivity index (χ0) is 44.2. The molecule has 6 atom stereocenters. The lowest BCUT2D eigenvalue weighted by Crippen LogP contribution is -2.59. The first-order valence-corrected chi connectivity index (χ1v) is 20.6. The number of ketones is 1. The monoisotopic (exact) mass is 892 g/mol. The number of benzene rings is 3. The van der Waals surface area contributed by atoms with Gasteiger partial charge in [0.2, 0.25) is 24.0 Å².